The highest BCUT2D eigenvalue weighted by Gasteiger charge is 2.42. The summed E-state index contributed by atoms with van der Waals surface area (Å²) in [5, 5.41) is 6.50. The van der Waals surface area contributed by atoms with Gasteiger partial charge in [0.05, 0.1) is 18.3 Å². The summed E-state index contributed by atoms with van der Waals surface area (Å²) < 4.78 is 1.82. The van der Waals surface area contributed by atoms with E-state index in [2.05, 4.69) is 46.2 Å². The van der Waals surface area contributed by atoms with Crippen molar-refractivity contribution in [2.45, 2.75) is 70.4 Å². The van der Waals surface area contributed by atoms with Gasteiger partial charge in [-0.1, -0.05) is 38.3 Å². The average molecular weight is 417 g/mol. The molecule has 0 radical (unpaired) electrons. The Bertz CT molecular complexity index is 1070. The Morgan fingerprint density at radius 1 is 1.06 bits per heavy atom. The van der Waals surface area contributed by atoms with Gasteiger partial charge in [0.15, 0.2) is 0 Å². The van der Waals surface area contributed by atoms with E-state index in [1.807, 2.05) is 30.3 Å². The second kappa shape index (κ2) is 8.45. The van der Waals surface area contributed by atoms with Gasteiger partial charge in [0.25, 0.3) is 0 Å². The zero-order chi connectivity index (χ0) is 21.4. The number of aromatic nitrogens is 3. The lowest BCUT2D eigenvalue weighted by Crippen LogP contribution is -2.47. The van der Waals surface area contributed by atoms with Gasteiger partial charge in [-0.3, -0.25) is 14.5 Å². The van der Waals surface area contributed by atoms with E-state index >= 15 is 0 Å². The molecule has 2 bridgehead atoms. The van der Waals surface area contributed by atoms with Gasteiger partial charge in [-0.05, 0) is 54.7 Å². The van der Waals surface area contributed by atoms with Gasteiger partial charge >= 0.3 is 0 Å². The minimum absolute atomic E-state index is 0.261. The molecular weight excluding hydrogens is 384 g/mol. The number of pyridine rings is 1. The van der Waals surface area contributed by atoms with Crippen LogP contribution in [0.2, 0.25) is 0 Å². The van der Waals surface area contributed by atoms with Crippen LogP contribution < -0.4 is 0 Å². The number of carbonyl (C=O) groups is 1. The van der Waals surface area contributed by atoms with E-state index in [4.69, 9.17) is 0 Å². The Labute approximate surface area is 184 Å². The highest BCUT2D eigenvalue weighted by molar-refractivity contribution is 5.88. The summed E-state index contributed by atoms with van der Waals surface area (Å²) in [6.45, 7) is 2.27. The van der Waals surface area contributed by atoms with Crippen LogP contribution in [-0.4, -0.2) is 37.7 Å². The molecule has 3 atom stereocenters. The molecule has 5 nitrogen and oxygen atoms in total. The van der Waals surface area contributed by atoms with Crippen molar-refractivity contribution in [3.63, 3.8) is 0 Å². The molecule has 2 saturated heterocycles. The van der Waals surface area contributed by atoms with Crippen LogP contribution in [0.5, 0.6) is 0 Å². The number of hydrogen-bond acceptors (Lipinski definition) is 3. The molecule has 4 heterocycles. The van der Waals surface area contributed by atoms with Gasteiger partial charge in [-0.2, -0.15) is 5.10 Å². The first-order valence-electron chi connectivity index (χ1n) is 11.8. The van der Waals surface area contributed by atoms with E-state index in [-0.39, 0.29) is 5.91 Å². The molecule has 2 aromatic heterocycles. The quantitative estimate of drug-likeness (QED) is 0.559. The number of nitrogens with zero attached hydrogens (tertiary/aromatic N) is 4. The fraction of sp³-hybridized carbons (Fsp3) is 0.500. The predicted molar refractivity (Wildman–Crippen MR) is 124 cm³/mol. The number of carbonyl (C=O) groups excluding carboxylic acids is 1. The largest absolute Gasteiger partial charge is 0.336 e. The van der Waals surface area contributed by atoms with E-state index < -0.39 is 0 Å². The molecule has 31 heavy (non-hydrogen) atoms. The zero-order valence-corrected chi connectivity index (χ0v) is 18.6. The van der Waals surface area contributed by atoms with Crippen LogP contribution >= 0.6 is 0 Å². The minimum atomic E-state index is 0.261. The third-order valence-corrected chi connectivity index (χ3v) is 7.23. The summed E-state index contributed by atoms with van der Waals surface area (Å²) >= 11 is 0. The van der Waals surface area contributed by atoms with Crippen molar-refractivity contribution >= 4 is 16.7 Å². The second-order valence-electron chi connectivity index (χ2n) is 9.48. The van der Waals surface area contributed by atoms with Crippen LogP contribution in [0.15, 0.2) is 42.9 Å². The number of piperidine rings is 1. The van der Waals surface area contributed by atoms with Crippen molar-refractivity contribution in [2.24, 2.45) is 13.0 Å². The first kappa shape index (κ1) is 20.2. The molecule has 162 valence electrons. The van der Waals surface area contributed by atoms with Gasteiger partial charge in [-0.25, -0.2) is 0 Å². The maximum atomic E-state index is 13.3. The molecule has 2 aliphatic rings. The van der Waals surface area contributed by atoms with Crippen molar-refractivity contribution in [3.05, 3.63) is 48.5 Å². The number of amides is 1. The lowest BCUT2D eigenvalue weighted by Gasteiger charge is -2.39. The van der Waals surface area contributed by atoms with Gasteiger partial charge in [0.2, 0.25) is 5.91 Å². The Balaban J connectivity index is 1.31. The monoisotopic (exact) mass is 416 g/mol. The molecular formula is C26H32N4O. The average Bonchev–Trinajstić information content (AvgIpc) is 3.32. The van der Waals surface area contributed by atoms with Crippen LogP contribution in [0.1, 0.15) is 57.6 Å². The standard InChI is InChI=1S/C26H32N4O/c1-3-4-5-18-10-24-8-9-25(11-18)30(24)26(31)14-23-13-21-12-19(6-7-20(21)15-27-23)22-16-28-29(2)17-22/h6-7,12-13,15-18,24-25H,3-5,8-11,14H2,1-2H3/t18?,24-,25+. The highest BCUT2D eigenvalue weighted by Crippen LogP contribution is 2.40. The molecule has 3 aromatic rings. The summed E-state index contributed by atoms with van der Waals surface area (Å²) in [6.07, 6.45) is 14.9. The molecule has 1 aromatic carbocycles. The number of aryl methyl sites for hydroxylation is 1. The van der Waals surface area contributed by atoms with Crippen LogP contribution in [-0.2, 0) is 18.3 Å². The molecule has 2 fully saturated rings. The fourth-order valence-corrected chi connectivity index (χ4v) is 5.70. The Hall–Kier alpha value is -2.69. The van der Waals surface area contributed by atoms with Gasteiger partial charge in [-0.15, -0.1) is 0 Å². The molecule has 2 aliphatic heterocycles. The fourth-order valence-electron chi connectivity index (χ4n) is 5.70. The number of benzene rings is 1. The van der Waals surface area contributed by atoms with Crippen LogP contribution in [0.3, 0.4) is 0 Å². The maximum absolute atomic E-state index is 13.3. The normalized spacial score (nSPS) is 22.9. The Morgan fingerprint density at radius 2 is 1.87 bits per heavy atom. The van der Waals surface area contributed by atoms with Crippen molar-refractivity contribution < 1.29 is 4.79 Å². The Kier molecular flexibility index (Phi) is 5.51. The lowest BCUT2D eigenvalue weighted by molar-refractivity contribution is -0.135. The van der Waals surface area contributed by atoms with Crippen LogP contribution in [0.4, 0.5) is 0 Å². The van der Waals surface area contributed by atoms with Crippen molar-refractivity contribution in [2.75, 3.05) is 0 Å². The van der Waals surface area contributed by atoms with E-state index in [0.717, 1.165) is 33.5 Å². The third kappa shape index (κ3) is 4.10. The predicted octanol–water partition coefficient (Wildman–Crippen LogP) is 5.14. The van der Waals surface area contributed by atoms with E-state index in [9.17, 15) is 4.79 Å². The van der Waals surface area contributed by atoms with Gasteiger partial charge in [0.1, 0.15) is 0 Å². The second-order valence-corrected chi connectivity index (χ2v) is 9.48. The summed E-state index contributed by atoms with van der Waals surface area (Å²) in [6, 6.07) is 9.36. The summed E-state index contributed by atoms with van der Waals surface area (Å²) in [4.78, 5) is 20.1. The third-order valence-electron chi connectivity index (χ3n) is 7.23. The first-order chi connectivity index (χ1) is 15.1. The van der Waals surface area contributed by atoms with Crippen molar-refractivity contribution in [1.29, 1.82) is 0 Å². The van der Waals surface area contributed by atoms with Crippen molar-refractivity contribution in [1.82, 2.24) is 19.7 Å². The molecule has 5 heteroatoms. The van der Waals surface area contributed by atoms with Crippen molar-refractivity contribution in [3.8, 4) is 11.1 Å². The van der Waals surface area contributed by atoms with Crippen LogP contribution in [0.25, 0.3) is 21.9 Å². The zero-order valence-electron chi connectivity index (χ0n) is 18.6. The smallest absolute Gasteiger partial charge is 0.229 e. The molecule has 1 amide bonds. The van der Waals surface area contributed by atoms with E-state index in [0.29, 0.717) is 18.5 Å². The minimum Gasteiger partial charge on any atom is -0.336 e. The number of hydrogen-bond donors (Lipinski definition) is 0. The van der Waals surface area contributed by atoms with E-state index in [1.54, 1.807) is 0 Å². The first-order valence-corrected chi connectivity index (χ1v) is 11.8. The molecule has 0 N–H and O–H groups in total. The highest BCUT2D eigenvalue weighted by atomic mass is 16.2. The van der Waals surface area contributed by atoms with E-state index in [1.165, 1.54) is 44.9 Å². The molecule has 0 aliphatic carbocycles. The molecule has 5 rings (SSSR count). The number of rotatable bonds is 6. The van der Waals surface area contributed by atoms with Gasteiger partial charge in [0, 0.05) is 42.5 Å². The summed E-state index contributed by atoms with van der Waals surface area (Å²) in [5.74, 6) is 1.07. The lowest BCUT2D eigenvalue weighted by atomic mass is 9.86. The summed E-state index contributed by atoms with van der Waals surface area (Å²) in [5.41, 5.74) is 3.10. The maximum Gasteiger partial charge on any atom is 0.229 e. The number of unbranched alkanes of at least 4 members (excludes halogenated alkanes) is 1. The SMILES string of the molecule is CCCCC1C[C@H]2CC[C@@H](C1)N2C(=O)Cc1cc2cc(-c3cnn(C)c3)ccc2cn1. The Morgan fingerprint density at radius 3 is 2.58 bits per heavy atom. The number of fused-ring (bicyclic) bond motifs is 3. The molecule has 0 saturated carbocycles. The van der Waals surface area contributed by atoms with Gasteiger partial charge < -0.3 is 4.90 Å². The summed E-state index contributed by atoms with van der Waals surface area (Å²) in [7, 11) is 1.93. The topological polar surface area (TPSA) is 51.0 Å². The molecule has 1 unspecified atom stereocenters. The van der Waals surface area contributed by atoms with Crippen LogP contribution in [0, 0.1) is 5.92 Å². The molecule has 0 spiro atoms.